The van der Waals surface area contributed by atoms with E-state index in [4.69, 9.17) is 4.42 Å². The predicted octanol–water partition coefficient (Wildman–Crippen LogP) is 18.5. The molecule has 68 heavy (non-hydrogen) atoms. The minimum absolute atomic E-state index is 0.0226. The van der Waals surface area contributed by atoms with Crippen molar-refractivity contribution in [3.63, 3.8) is 0 Å². The van der Waals surface area contributed by atoms with Gasteiger partial charge in [0.2, 0.25) is 0 Å². The van der Waals surface area contributed by atoms with Crippen molar-refractivity contribution in [2.45, 2.75) is 105 Å². The Morgan fingerprint density at radius 2 is 0.838 bits per heavy atom. The van der Waals surface area contributed by atoms with Crippen LogP contribution in [0.25, 0.3) is 98.1 Å². The molecule has 0 aliphatic heterocycles. The van der Waals surface area contributed by atoms with Gasteiger partial charge in [-0.05, 0) is 117 Å². The first-order valence-electron chi connectivity index (χ1n) is 24.5. The third-order valence-electron chi connectivity index (χ3n) is 15.3. The molecule has 0 fully saturated rings. The van der Waals surface area contributed by atoms with Gasteiger partial charge < -0.3 is 18.1 Å². The molecule has 4 nitrogen and oxygen atoms in total. The summed E-state index contributed by atoms with van der Waals surface area (Å²) in [4.78, 5) is 2.39. The van der Waals surface area contributed by atoms with E-state index in [0.29, 0.717) is 0 Å². The van der Waals surface area contributed by atoms with Crippen molar-refractivity contribution in [1.29, 1.82) is 0 Å². The van der Waals surface area contributed by atoms with Gasteiger partial charge in [-0.1, -0.05) is 144 Å². The van der Waals surface area contributed by atoms with Gasteiger partial charge in [-0.15, -0.1) is 0 Å². The minimum Gasteiger partial charge on any atom is -0.454 e. The number of furan rings is 1. The number of para-hydroxylation sites is 3. The molecule has 0 bridgehead atoms. The summed E-state index contributed by atoms with van der Waals surface area (Å²) in [5.74, 6) is 0. The van der Waals surface area contributed by atoms with Crippen LogP contribution in [0.1, 0.15) is 105 Å². The minimum atomic E-state index is -0.0748. The number of nitrogens with zero attached hydrogens (tertiary/aromatic N) is 3. The highest BCUT2D eigenvalue weighted by atomic mass is 16.3. The fourth-order valence-corrected chi connectivity index (χ4v) is 11.6. The Bertz CT molecular complexity index is 4220. The highest BCUT2D eigenvalue weighted by molar-refractivity contribution is 6.29. The Morgan fingerprint density at radius 1 is 0.338 bits per heavy atom. The zero-order valence-corrected chi connectivity index (χ0v) is 41.5. The van der Waals surface area contributed by atoms with Gasteiger partial charge in [0.15, 0.2) is 5.58 Å². The maximum Gasteiger partial charge on any atom is 0.159 e. The highest BCUT2D eigenvalue weighted by Crippen LogP contribution is 2.50. The van der Waals surface area contributed by atoms with Crippen molar-refractivity contribution >= 4 is 115 Å². The van der Waals surface area contributed by atoms with E-state index in [1.165, 1.54) is 98.4 Å². The molecule has 0 radical (unpaired) electrons. The van der Waals surface area contributed by atoms with Crippen molar-refractivity contribution in [3.8, 4) is 0 Å². The largest absolute Gasteiger partial charge is 0.454 e. The van der Waals surface area contributed by atoms with Crippen LogP contribution in [-0.4, -0.2) is 8.80 Å². The second kappa shape index (κ2) is 13.3. The van der Waals surface area contributed by atoms with Crippen molar-refractivity contribution in [1.82, 2.24) is 8.80 Å². The molecule has 0 saturated heterocycles. The summed E-state index contributed by atoms with van der Waals surface area (Å²) in [6, 6.07) is 53.2. The normalized spacial score (nSPS) is 13.6. The summed E-state index contributed by atoms with van der Waals surface area (Å²) in [6.07, 6.45) is 0. The Hall–Kier alpha value is -7.04. The molecule has 0 spiro atoms. The monoisotopic (exact) mass is 885 g/mol. The van der Waals surface area contributed by atoms with Crippen LogP contribution in [0.4, 0.5) is 17.1 Å². The number of benzene rings is 8. The SMILES string of the molecule is CC(C)(C)c1ccc2c(c1)c1cc(C(C)(C)C)cc3c4cc5c(cc4n2c13)c1cc(C(C)(C)C)cc2c3ccc(N(c4ccccc4)c4cccc6c4oc4c(C(C)(C)C)cccc46)cc3n5c21. The topological polar surface area (TPSA) is 25.2 Å². The molecule has 0 unspecified atom stereocenters. The lowest BCUT2D eigenvalue weighted by Crippen LogP contribution is -2.11. The molecular weight excluding hydrogens is 827 g/mol. The molecule has 13 rings (SSSR count). The van der Waals surface area contributed by atoms with Gasteiger partial charge in [-0.25, -0.2) is 0 Å². The maximum atomic E-state index is 7.06. The Kier molecular flexibility index (Phi) is 8.08. The number of hydrogen-bond acceptors (Lipinski definition) is 2. The van der Waals surface area contributed by atoms with E-state index in [9.17, 15) is 0 Å². The number of anilines is 3. The molecule has 0 atom stereocenters. The summed E-state index contributed by atoms with van der Waals surface area (Å²) in [5.41, 5.74) is 17.8. The molecule has 8 aromatic carbocycles. The van der Waals surface area contributed by atoms with Crippen LogP contribution >= 0.6 is 0 Å². The first-order valence-corrected chi connectivity index (χ1v) is 24.5. The van der Waals surface area contributed by atoms with E-state index < -0.39 is 0 Å². The van der Waals surface area contributed by atoms with E-state index in [1.807, 2.05) is 0 Å². The van der Waals surface area contributed by atoms with Crippen molar-refractivity contribution in [3.05, 3.63) is 162 Å². The van der Waals surface area contributed by atoms with Gasteiger partial charge in [0.05, 0.1) is 38.8 Å². The number of aromatic nitrogens is 2. The number of fused-ring (bicyclic) bond motifs is 15. The fourth-order valence-electron chi connectivity index (χ4n) is 11.6. The van der Waals surface area contributed by atoms with E-state index >= 15 is 0 Å². The van der Waals surface area contributed by atoms with Crippen LogP contribution in [0.2, 0.25) is 0 Å². The van der Waals surface area contributed by atoms with Crippen LogP contribution in [-0.2, 0) is 21.7 Å². The van der Waals surface area contributed by atoms with Crippen molar-refractivity contribution < 1.29 is 4.42 Å². The standard InChI is InChI=1S/C64H59N3O/c1-61(2,3)36-24-27-52-44(28-36)48-30-38(63(7,8)9)32-50-45-35-56-46(34-55(45)66(52)58(48)50)49-31-37(62(4,5)6)29-47-41-26-25-40(33-54(41)67(56)57(47)49)65(39-18-14-13-15-19-39)53-23-17-21-43-42-20-16-22-51(64(10,11)12)59(42)68-60(43)53/h13-35H,1-12H3. The highest BCUT2D eigenvalue weighted by Gasteiger charge is 2.29. The van der Waals surface area contributed by atoms with Crippen molar-refractivity contribution in [2.75, 3.05) is 4.90 Å². The lowest BCUT2D eigenvalue weighted by atomic mass is 9.84. The quantitative estimate of drug-likeness (QED) is 0.177. The molecule has 0 amide bonds. The first-order chi connectivity index (χ1) is 32.3. The van der Waals surface area contributed by atoms with Gasteiger partial charge in [0.1, 0.15) is 5.58 Å². The summed E-state index contributed by atoms with van der Waals surface area (Å²) in [7, 11) is 0. The fraction of sp³-hybridized carbons (Fsp3) is 0.250. The molecule has 5 heterocycles. The van der Waals surface area contributed by atoms with E-state index in [1.54, 1.807) is 0 Å². The van der Waals surface area contributed by atoms with Crippen LogP contribution in [0.15, 0.2) is 144 Å². The van der Waals surface area contributed by atoms with Crippen LogP contribution < -0.4 is 4.90 Å². The average Bonchev–Trinajstić information content (AvgIpc) is 4.08. The zero-order valence-electron chi connectivity index (χ0n) is 41.5. The number of hydrogen-bond donors (Lipinski definition) is 0. The summed E-state index contributed by atoms with van der Waals surface area (Å²) in [5, 5.41) is 12.7. The van der Waals surface area contributed by atoms with Crippen LogP contribution in [0, 0.1) is 0 Å². The molecule has 336 valence electrons. The van der Waals surface area contributed by atoms with E-state index in [2.05, 4.69) is 236 Å². The van der Waals surface area contributed by atoms with Crippen LogP contribution in [0.5, 0.6) is 0 Å². The van der Waals surface area contributed by atoms with Crippen LogP contribution in [0.3, 0.4) is 0 Å². The molecule has 13 aromatic rings. The van der Waals surface area contributed by atoms with E-state index in [0.717, 1.165) is 39.0 Å². The second-order valence-corrected chi connectivity index (χ2v) is 23.9. The van der Waals surface area contributed by atoms with Gasteiger partial charge in [0, 0.05) is 70.8 Å². The number of rotatable bonds is 3. The lowest BCUT2D eigenvalue weighted by molar-refractivity contribution is 0.573. The Morgan fingerprint density at radius 3 is 1.41 bits per heavy atom. The third-order valence-corrected chi connectivity index (χ3v) is 15.3. The molecule has 0 saturated carbocycles. The molecule has 0 N–H and O–H groups in total. The summed E-state index contributed by atoms with van der Waals surface area (Å²) in [6.45, 7) is 27.8. The Labute approximate surface area is 398 Å². The van der Waals surface area contributed by atoms with Gasteiger partial charge in [-0.3, -0.25) is 0 Å². The lowest BCUT2D eigenvalue weighted by Gasteiger charge is -2.25. The Balaban J connectivity index is 1.14. The predicted molar refractivity (Wildman–Crippen MR) is 293 cm³/mol. The van der Waals surface area contributed by atoms with Gasteiger partial charge in [-0.2, -0.15) is 0 Å². The molecule has 4 heteroatoms. The van der Waals surface area contributed by atoms with Gasteiger partial charge >= 0.3 is 0 Å². The van der Waals surface area contributed by atoms with Crippen molar-refractivity contribution in [2.24, 2.45) is 0 Å². The maximum absolute atomic E-state index is 7.06. The molecular formula is C64H59N3O. The second-order valence-electron chi connectivity index (χ2n) is 23.9. The van der Waals surface area contributed by atoms with E-state index in [-0.39, 0.29) is 21.7 Å². The molecule has 5 aromatic heterocycles. The third kappa shape index (κ3) is 5.67. The first kappa shape index (κ1) is 41.2. The summed E-state index contributed by atoms with van der Waals surface area (Å²) < 4.78 is 12.2. The molecule has 0 aliphatic rings. The molecule has 0 aliphatic carbocycles. The average molecular weight is 886 g/mol. The smallest absolute Gasteiger partial charge is 0.159 e. The summed E-state index contributed by atoms with van der Waals surface area (Å²) >= 11 is 0. The zero-order chi connectivity index (χ0) is 47.1. The van der Waals surface area contributed by atoms with Gasteiger partial charge in [0.25, 0.3) is 0 Å².